The fraction of sp³-hybridized carbons (Fsp3) is 1.00. The molecule has 0 radical (unpaired) electrons. The Morgan fingerprint density at radius 1 is 1.86 bits per heavy atom. The van der Waals surface area contributed by atoms with E-state index in [9.17, 15) is 0 Å². The summed E-state index contributed by atoms with van der Waals surface area (Å²) in [5.41, 5.74) is 0. The van der Waals surface area contributed by atoms with Gasteiger partial charge < -0.3 is 5.11 Å². The van der Waals surface area contributed by atoms with Crippen LogP contribution in [0.1, 0.15) is 0 Å². The molecule has 3 unspecified atom stereocenters. The monoisotopic (exact) mass is 186 g/mol. The molecule has 0 amide bonds. The van der Waals surface area contributed by atoms with Crippen molar-refractivity contribution in [2.24, 2.45) is 0 Å². The van der Waals surface area contributed by atoms with Crippen LogP contribution in [-0.2, 0) is 20.7 Å². The molecule has 6 heteroatoms. The minimum atomic E-state index is -0.156. The maximum absolute atomic E-state index is 9.12. The molecule has 2 rings (SSSR count). The van der Waals surface area contributed by atoms with Gasteiger partial charge in [0.2, 0.25) is 4.82 Å². The second-order valence-electron chi connectivity index (χ2n) is 1.34. The highest BCUT2D eigenvalue weighted by atomic mass is 33.0. The molecule has 3 atom stereocenters. The second kappa shape index (κ2) is 1.24. The van der Waals surface area contributed by atoms with Crippen LogP contribution in [0.2, 0.25) is 0 Å². The van der Waals surface area contributed by atoms with E-state index in [2.05, 4.69) is 0 Å². The van der Waals surface area contributed by atoms with E-state index in [1.54, 1.807) is 0 Å². The predicted octanol–water partition coefficient (Wildman–Crippen LogP) is 1.82. The summed E-state index contributed by atoms with van der Waals surface area (Å²) in [5, 5.41) is 9.12. The summed E-state index contributed by atoms with van der Waals surface area (Å²) in [6.07, 6.45) is 0. The Balaban J connectivity index is 2.90. The maximum atomic E-state index is 9.12. The van der Waals surface area contributed by atoms with Crippen molar-refractivity contribution >= 4 is 41.0 Å². The molecule has 38 valence electrons. The predicted molar refractivity (Wildman–Crippen MR) is 40.4 cm³/mol. The summed E-state index contributed by atoms with van der Waals surface area (Å²) >= 11 is 4.72. The number of fused-ring (bicyclic) bond motifs is 1. The lowest BCUT2D eigenvalue weighted by atomic mass is 11.6. The first kappa shape index (κ1) is 5.11. The van der Waals surface area contributed by atoms with Crippen molar-refractivity contribution in [2.45, 2.75) is 4.82 Å². The molecule has 0 aromatic carbocycles. The second-order valence-corrected chi connectivity index (χ2v) is 14.7. The van der Waals surface area contributed by atoms with Crippen molar-refractivity contribution in [3.63, 3.8) is 0 Å². The standard InChI is InChI=1S/CHOP3S2/c2-1-3-4(1)5(1)7-6/h2H. The molecule has 2 heterocycles. The molecule has 0 aliphatic carbocycles. The van der Waals surface area contributed by atoms with Crippen LogP contribution in [0.15, 0.2) is 0 Å². The van der Waals surface area contributed by atoms with Gasteiger partial charge >= 0.3 is 0 Å². The Labute approximate surface area is 51.2 Å². The van der Waals surface area contributed by atoms with Gasteiger partial charge in [-0.3, -0.25) is 0 Å². The zero-order chi connectivity index (χ0) is 5.07. The molecule has 0 saturated carbocycles. The first-order valence-electron chi connectivity index (χ1n) is 1.64. The van der Waals surface area contributed by atoms with Crippen molar-refractivity contribution in [1.29, 1.82) is 0 Å². The smallest absolute Gasteiger partial charge is 0.207 e. The Bertz CT molecular complexity index is 299. The highest BCUT2D eigenvalue weighted by Gasteiger charge is 2.54. The van der Waals surface area contributed by atoms with Crippen molar-refractivity contribution < 1.29 is 5.11 Å². The fourth-order valence-electron chi connectivity index (χ4n) is 0.405. The lowest BCUT2D eigenvalue weighted by Gasteiger charge is -1.77. The topological polar surface area (TPSA) is 20.2 Å². The minimum Gasteiger partial charge on any atom is -0.365 e. The molecule has 7 heavy (non-hydrogen) atoms. The van der Waals surface area contributed by atoms with E-state index in [-0.39, 0.29) is 17.3 Å². The average molecular weight is 186 g/mol. The van der Waals surface area contributed by atoms with Crippen LogP contribution in [0.5, 0.6) is 0 Å². The summed E-state index contributed by atoms with van der Waals surface area (Å²) in [4.78, 5) is -0.156. The maximum Gasteiger partial charge on any atom is 0.207 e. The van der Waals surface area contributed by atoms with Crippen LogP contribution in [0.3, 0.4) is 0 Å². The molecule has 1 N–H and O–H groups in total. The summed E-state index contributed by atoms with van der Waals surface area (Å²) < 4.78 is 0. The van der Waals surface area contributed by atoms with Crippen LogP contribution < -0.4 is 0 Å². The molecule has 0 saturated heterocycles. The highest BCUT2D eigenvalue weighted by Crippen LogP contribution is 2.95. The van der Waals surface area contributed by atoms with Crippen LogP contribution in [0, 0.1) is 0 Å². The average Bonchev–Trinajstić information content (AvgIpc) is 2.28. The van der Waals surface area contributed by atoms with E-state index < -0.39 is 0 Å². The first-order chi connectivity index (χ1) is 3.29. The summed E-state index contributed by atoms with van der Waals surface area (Å²) in [5.74, 6) is -0.0548. The quantitative estimate of drug-likeness (QED) is 0.582. The minimum absolute atomic E-state index is 0.0548. The van der Waals surface area contributed by atoms with Gasteiger partial charge in [0.15, 0.2) is 0 Å². The molecule has 0 aromatic rings. The van der Waals surface area contributed by atoms with Crippen LogP contribution >= 0.6 is 20.3 Å². The molecule has 0 fully saturated rings. The van der Waals surface area contributed by atoms with E-state index in [4.69, 9.17) is 16.3 Å². The molecule has 0 aromatic heterocycles. The van der Waals surface area contributed by atoms with Gasteiger partial charge in [0.25, 0.3) is 0 Å². The summed E-state index contributed by atoms with van der Waals surface area (Å²) in [7, 11) is 2.78. The third kappa shape index (κ3) is 0.498. The van der Waals surface area contributed by atoms with Gasteiger partial charge in [-0.15, -0.1) is 0 Å². The van der Waals surface area contributed by atoms with Crippen molar-refractivity contribution in [1.82, 2.24) is 0 Å². The third-order valence-corrected chi connectivity index (χ3v) is 21.0. The lowest BCUT2D eigenvalue weighted by Crippen LogP contribution is -1.77. The van der Waals surface area contributed by atoms with E-state index in [1.807, 2.05) is 0 Å². The molecule has 2 aliphatic rings. The van der Waals surface area contributed by atoms with Gasteiger partial charge in [-0.1, -0.05) is 0 Å². The van der Waals surface area contributed by atoms with Gasteiger partial charge in [0.05, 0.1) is 0 Å². The third-order valence-electron chi connectivity index (χ3n) is 0.918. The van der Waals surface area contributed by atoms with E-state index in [0.29, 0.717) is 0 Å². The first-order valence-corrected chi connectivity index (χ1v) is 8.98. The van der Waals surface area contributed by atoms with E-state index in [1.165, 1.54) is 17.4 Å². The Morgan fingerprint density at radius 2 is 2.43 bits per heavy atom. The summed E-state index contributed by atoms with van der Waals surface area (Å²) in [6.45, 7) is 0.102. The van der Waals surface area contributed by atoms with E-state index in [0.717, 1.165) is 0 Å². The largest absolute Gasteiger partial charge is 0.365 e. The summed E-state index contributed by atoms with van der Waals surface area (Å²) in [6, 6.07) is 0. The SMILES string of the molecule is OC12P=P1=P2=S=S. The molecular weight excluding hydrogens is 185 g/mol. The molecular formula is CHOP3S2. The number of rotatable bonds is 0. The molecule has 1 nitrogen and oxygen atoms in total. The zero-order valence-electron chi connectivity index (χ0n) is 3.11. The van der Waals surface area contributed by atoms with Gasteiger partial charge in [0, 0.05) is 5.98 Å². The van der Waals surface area contributed by atoms with Gasteiger partial charge in [-0.05, 0) is 35.1 Å². The zero-order valence-corrected chi connectivity index (χ0v) is 7.42. The number of aliphatic hydroxyl groups is 1. The number of hydrogen-bond acceptors (Lipinski definition) is 2. The fourth-order valence-corrected chi connectivity index (χ4v) is 23.1. The van der Waals surface area contributed by atoms with Crippen LogP contribution in [-0.4, -0.2) is 9.93 Å². The molecule has 0 bridgehead atoms. The van der Waals surface area contributed by atoms with Gasteiger partial charge in [-0.2, -0.15) is 0 Å². The normalized spacial score (nSPS) is 54.4. The lowest BCUT2D eigenvalue weighted by molar-refractivity contribution is 0.325. The highest BCUT2D eigenvalue weighted by molar-refractivity contribution is 8.63. The van der Waals surface area contributed by atoms with Gasteiger partial charge in [0.1, 0.15) is 0 Å². The van der Waals surface area contributed by atoms with Gasteiger partial charge in [-0.25, -0.2) is 0 Å². The van der Waals surface area contributed by atoms with Crippen LogP contribution in [0.25, 0.3) is 0 Å². The Kier molecular flexibility index (Phi) is 0.904. The Morgan fingerprint density at radius 3 is 2.43 bits per heavy atom. The van der Waals surface area contributed by atoms with E-state index >= 15 is 0 Å². The van der Waals surface area contributed by atoms with Crippen molar-refractivity contribution in [3.8, 4) is 0 Å². The molecule has 0 spiro atoms. The Hall–Kier alpha value is 1.30. The molecule has 2 aliphatic heterocycles. The van der Waals surface area contributed by atoms with Crippen molar-refractivity contribution in [3.05, 3.63) is 0 Å². The van der Waals surface area contributed by atoms with Crippen molar-refractivity contribution in [2.75, 3.05) is 0 Å². The van der Waals surface area contributed by atoms with Crippen LogP contribution in [0.4, 0.5) is 0 Å². The number of hydrogen-bond donors (Lipinski definition) is 1.